The minimum Gasteiger partial charge on any atom is -0.370 e. The van der Waals surface area contributed by atoms with Gasteiger partial charge in [0.2, 0.25) is 0 Å². The number of rotatable bonds is 4. The zero-order valence-electron chi connectivity index (χ0n) is 20.2. The van der Waals surface area contributed by atoms with Crippen molar-refractivity contribution in [3.8, 4) is 0 Å². The number of nitrogens with zero attached hydrogens (tertiary/aromatic N) is 3. The summed E-state index contributed by atoms with van der Waals surface area (Å²) in [6, 6.07) is 12.4. The van der Waals surface area contributed by atoms with Crippen molar-refractivity contribution < 1.29 is 4.79 Å². The summed E-state index contributed by atoms with van der Waals surface area (Å²) in [7, 11) is 1.63. The van der Waals surface area contributed by atoms with Crippen LogP contribution in [0.5, 0.6) is 0 Å². The summed E-state index contributed by atoms with van der Waals surface area (Å²) in [5.74, 6) is 0.231. The first-order chi connectivity index (χ1) is 16.4. The Morgan fingerprint density at radius 3 is 2.59 bits per heavy atom. The molecular formula is C27H33N5O2. The van der Waals surface area contributed by atoms with Crippen LogP contribution in [0.3, 0.4) is 0 Å². The Morgan fingerprint density at radius 2 is 1.85 bits per heavy atom. The second kappa shape index (κ2) is 9.22. The van der Waals surface area contributed by atoms with E-state index < -0.39 is 0 Å². The lowest BCUT2D eigenvalue weighted by Gasteiger charge is -2.39. The van der Waals surface area contributed by atoms with Crippen LogP contribution >= 0.6 is 0 Å². The van der Waals surface area contributed by atoms with Crippen molar-refractivity contribution in [3.63, 3.8) is 0 Å². The number of aromatic amines is 1. The average molecular weight is 460 g/mol. The van der Waals surface area contributed by atoms with Crippen LogP contribution in [0.4, 0.5) is 5.69 Å². The minimum absolute atomic E-state index is 0.0154. The molecule has 34 heavy (non-hydrogen) atoms. The lowest BCUT2D eigenvalue weighted by atomic mass is 10.00. The molecule has 0 radical (unpaired) electrons. The SMILES string of the molecule is CNC(=O)c1cc(C)c(N2CCC(N3CCC(c4cc5ccccc5c(=O)[nH]4)C3)CC2)c(C)n1. The molecular weight excluding hydrogens is 426 g/mol. The van der Waals surface area contributed by atoms with Gasteiger partial charge in [-0.3, -0.25) is 14.5 Å². The number of hydrogen-bond donors (Lipinski definition) is 2. The Bertz CT molecular complexity index is 1250. The number of piperidine rings is 1. The second-order valence-electron chi connectivity index (χ2n) is 9.68. The molecule has 1 amide bonds. The van der Waals surface area contributed by atoms with E-state index in [-0.39, 0.29) is 11.5 Å². The van der Waals surface area contributed by atoms with Crippen LogP contribution in [0, 0.1) is 13.8 Å². The first-order valence-electron chi connectivity index (χ1n) is 12.3. The monoisotopic (exact) mass is 459 g/mol. The van der Waals surface area contributed by atoms with Gasteiger partial charge < -0.3 is 15.2 Å². The number of carbonyl (C=O) groups excluding carboxylic acids is 1. The molecule has 0 spiro atoms. The Morgan fingerprint density at radius 1 is 1.09 bits per heavy atom. The fourth-order valence-electron chi connectivity index (χ4n) is 5.83. The van der Waals surface area contributed by atoms with Crippen LogP contribution < -0.4 is 15.8 Å². The zero-order chi connectivity index (χ0) is 23.8. The predicted octanol–water partition coefficient (Wildman–Crippen LogP) is 3.36. The van der Waals surface area contributed by atoms with Crippen molar-refractivity contribution in [2.75, 3.05) is 38.1 Å². The summed E-state index contributed by atoms with van der Waals surface area (Å²) in [5, 5.41) is 4.44. The van der Waals surface area contributed by atoms with E-state index in [1.807, 2.05) is 37.3 Å². The van der Waals surface area contributed by atoms with Crippen molar-refractivity contribution >= 4 is 22.4 Å². The van der Waals surface area contributed by atoms with Crippen molar-refractivity contribution in [1.29, 1.82) is 0 Å². The smallest absolute Gasteiger partial charge is 0.269 e. The number of aryl methyl sites for hydroxylation is 2. The number of nitrogens with one attached hydrogen (secondary N) is 2. The molecule has 2 aromatic heterocycles. The van der Waals surface area contributed by atoms with Crippen molar-refractivity contribution in [1.82, 2.24) is 20.2 Å². The Kier molecular flexibility index (Phi) is 6.13. The van der Waals surface area contributed by atoms with Crippen LogP contribution in [0.15, 0.2) is 41.2 Å². The first-order valence-corrected chi connectivity index (χ1v) is 12.3. The minimum atomic E-state index is -0.146. The molecule has 7 heteroatoms. The first kappa shape index (κ1) is 22.6. The quantitative estimate of drug-likeness (QED) is 0.625. The summed E-state index contributed by atoms with van der Waals surface area (Å²) < 4.78 is 0. The van der Waals surface area contributed by atoms with Crippen LogP contribution in [0.1, 0.15) is 52.6 Å². The number of benzene rings is 1. The molecule has 7 nitrogen and oxygen atoms in total. The number of H-pyrrole nitrogens is 1. The molecule has 2 aliphatic rings. The molecule has 2 N–H and O–H groups in total. The van der Waals surface area contributed by atoms with Crippen LogP contribution in [0.25, 0.3) is 10.8 Å². The highest BCUT2D eigenvalue weighted by atomic mass is 16.1. The molecule has 5 rings (SSSR count). The maximum atomic E-state index is 12.5. The summed E-state index contributed by atoms with van der Waals surface area (Å²) in [6.07, 6.45) is 3.30. The number of fused-ring (bicyclic) bond motifs is 1. The number of pyridine rings is 2. The van der Waals surface area contributed by atoms with Crippen molar-refractivity contribution in [3.05, 3.63) is 69.4 Å². The van der Waals surface area contributed by atoms with Gasteiger partial charge in [0.15, 0.2) is 0 Å². The molecule has 0 bridgehead atoms. The largest absolute Gasteiger partial charge is 0.370 e. The van der Waals surface area contributed by atoms with Gasteiger partial charge in [-0.1, -0.05) is 18.2 Å². The van der Waals surface area contributed by atoms with E-state index >= 15 is 0 Å². The predicted molar refractivity (Wildman–Crippen MR) is 136 cm³/mol. The molecule has 3 aromatic rings. The van der Waals surface area contributed by atoms with E-state index in [0.29, 0.717) is 17.7 Å². The maximum Gasteiger partial charge on any atom is 0.269 e. The van der Waals surface area contributed by atoms with Crippen LogP contribution in [-0.2, 0) is 0 Å². The van der Waals surface area contributed by atoms with E-state index in [9.17, 15) is 9.59 Å². The summed E-state index contributed by atoms with van der Waals surface area (Å²) in [6.45, 7) is 8.11. The van der Waals surface area contributed by atoms with Gasteiger partial charge in [0, 0.05) is 49.7 Å². The molecule has 1 unspecified atom stereocenters. The van der Waals surface area contributed by atoms with E-state index in [4.69, 9.17) is 0 Å². The Balaban J connectivity index is 1.24. The average Bonchev–Trinajstić information content (AvgIpc) is 3.34. The van der Waals surface area contributed by atoms with Crippen molar-refractivity contribution in [2.45, 2.75) is 45.1 Å². The molecule has 1 aromatic carbocycles. The lowest BCUT2D eigenvalue weighted by Crippen LogP contribution is -2.44. The van der Waals surface area contributed by atoms with Gasteiger partial charge in [-0.2, -0.15) is 0 Å². The van der Waals surface area contributed by atoms with Crippen LogP contribution in [-0.4, -0.2) is 60.0 Å². The number of amides is 1. The fourth-order valence-corrected chi connectivity index (χ4v) is 5.83. The summed E-state index contributed by atoms with van der Waals surface area (Å²) in [4.78, 5) is 37.3. The molecule has 1 atom stereocenters. The third kappa shape index (κ3) is 4.20. The molecule has 178 valence electrons. The number of aromatic nitrogens is 2. The number of carbonyl (C=O) groups is 1. The molecule has 2 fully saturated rings. The van der Waals surface area contributed by atoms with Gasteiger partial charge in [-0.25, -0.2) is 4.98 Å². The Labute approximate surface area is 200 Å². The zero-order valence-corrected chi connectivity index (χ0v) is 20.2. The molecule has 2 aliphatic heterocycles. The van der Waals surface area contributed by atoms with E-state index in [1.54, 1.807) is 7.05 Å². The maximum absolute atomic E-state index is 12.5. The number of likely N-dealkylation sites (tertiary alicyclic amines) is 1. The lowest BCUT2D eigenvalue weighted by molar-refractivity contribution is 0.0958. The third-order valence-electron chi connectivity index (χ3n) is 7.55. The molecule has 4 heterocycles. The van der Waals surface area contributed by atoms with Crippen molar-refractivity contribution in [2.24, 2.45) is 0 Å². The highest BCUT2D eigenvalue weighted by Crippen LogP contribution is 2.33. The van der Waals surface area contributed by atoms with Gasteiger partial charge in [-0.05, 0) is 68.8 Å². The van der Waals surface area contributed by atoms with Gasteiger partial charge in [0.05, 0.1) is 11.4 Å². The van der Waals surface area contributed by atoms with Gasteiger partial charge in [-0.15, -0.1) is 0 Å². The number of hydrogen-bond acceptors (Lipinski definition) is 5. The van der Waals surface area contributed by atoms with Gasteiger partial charge >= 0.3 is 0 Å². The molecule has 2 saturated heterocycles. The summed E-state index contributed by atoms with van der Waals surface area (Å²) >= 11 is 0. The molecule has 0 aliphatic carbocycles. The van der Waals surface area contributed by atoms with Crippen LogP contribution in [0.2, 0.25) is 0 Å². The van der Waals surface area contributed by atoms with E-state index in [0.717, 1.165) is 73.2 Å². The molecule has 0 saturated carbocycles. The highest BCUT2D eigenvalue weighted by molar-refractivity contribution is 5.92. The highest BCUT2D eigenvalue weighted by Gasteiger charge is 2.32. The Hall–Kier alpha value is -3.19. The topological polar surface area (TPSA) is 81.3 Å². The summed E-state index contributed by atoms with van der Waals surface area (Å²) in [5.41, 5.74) is 4.74. The van der Waals surface area contributed by atoms with E-state index in [2.05, 4.69) is 38.1 Å². The standard InChI is InChI=1S/C27H33N5O2/c1-17-14-24(27(34)28-3)29-18(2)25(17)31-12-9-21(10-13-31)32-11-8-20(16-32)23-15-19-6-4-5-7-22(19)26(33)30-23/h4-7,14-15,20-21H,8-13,16H2,1-3H3,(H,28,34)(H,30,33). The fraction of sp³-hybridized carbons (Fsp3) is 0.444. The van der Waals surface area contributed by atoms with Gasteiger partial charge in [0.1, 0.15) is 5.69 Å². The van der Waals surface area contributed by atoms with Gasteiger partial charge in [0.25, 0.3) is 11.5 Å². The number of anilines is 1. The van der Waals surface area contributed by atoms with E-state index in [1.165, 1.54) is 5.69 Å². The third-order valence-corrected chi connectivity index (χ3v) is 7.55. The normalized spacial score (nSPS) is 19.6. The second-order valence-corrected chi connectivity index (χ2v) is 9.68.